The number of thiophene rings is 2. The summed E-state index contributed by atoms with van der Waals surface area (Å²) in [6.07, 6.45) is 0.132. The summed E-state index contributed by atoms with van der Waals surface area (Å²) < 4.78 is 1.09. The third-order valence-corrected chi connectivity index (χ3v) is 4.75. The predicted molar refractivity (Wildman–Crippen MR) is 80.2 cm³/mol. The van der Waals surface area contributed by atoms with Crippen molar-refractivity contribution < 1.29 is 0 Å². The molecule has 0 atom stereocenters. The monoisotopic (exact) mass is 303 g/mol. The van der Waals surface area contributed by atoms with Gasteiger partial charge < -0.3 is 0 Å². The van der Waals surface area contributed by atoms with Crippen LogP contribution in [-0.4, -0.2) is 9.55 Å². The molecule has 100 valence electrons. The lowest BCUT2D eigenvalue weighted by Gasteiger charge is -2.02. The SMILES string of the molecule is N#CCCn1c(=O)[nH]c2scc(-c3cccs3)c2c1=O. The van der Waals surface area contributed by atoms with E-state index in [2.05, 4.69) is 4.98 Å². The number of H-pyrrole nitrogens is 1. The molecule has 0 spiro atoms. The molecular weight excluding hydrogens is 294 g/mol. The Hall–Kier alpha value is -2.17. The highest BCUT2D eigenvalue weighted by Gasteiger charge is 2.15. The maximum atomic E-state index is 12.5. The highest BCUT2D eigenvalue weighted by molar-refractivity contribution is 7.18. The second kappa shape index (κ2) is 5.07. The summed E-state index contributed by atoms with van der Waals surface area (Å²) >= 11 is 2.89. The molecule has 1 N–H and O–H groups in total. The maximum Gasteiger partial charge on any atom is 0.329 e. The molecule has 3 aromatic rings. The van der Waals surface area contributed by atoms with Crippen molar-refractivity contribution in [2.75, 3.05) is 0 Å². The first kappa shape index (κ1) is 12.8. The Morgan fingerprint density at radius 2 is 2.20 bits per heavy atom. The number of nitrogens with zero attached hydrogens (tertiary/aromatic N) is 2. The van der Waals surface area contributed by atoms with E-state index < -0.39 is 5.69 Å². The molecule has 0 aliphatic rings. The van der Waals surface area contributed by atoms with Gasteiger partial charge in [0.1, 0.15) is 4.83 Å². The molecule has 0 bridgehead atoms. The van der Waals surface area contributed by atoms with Crippen molar-refractivity contribution in [3.63, 3.8) is 0 Å². The van der Waals surface area contributed by atoms with E-state index in [1.807, 2.05) is 29.0 Å². The van der Waals surface area contributed by atoms with Crippen LogP contribution in [0, 0.1) is 11.3 Å². The summed E-state index contributed by atoms with van der Waals surface area (Å²) in [5, 5.41) is 13.0. The van der Waals surface area contributed by atoms with E-state index in [9.17, 15) is 9.59 Å². The van der Waals surface area contributed by atoms with E-state index in [4.69, 9.17) is 5.26 Å². The van der Waals surface area contributed by atoms with E-state index >= 15 is 0 Å². The first-order valence-corrected chi connectivity index (χ1v) is 7.63. The molecule has 0 amide bonds. The number of nitriles is 1. The standard InChI is InChI=1S/C13H9N3O2S2/c14-4-2-5-16-12(17)10-8(9-3-1-6-19-9)7-20-11(10)15-13(16)18/h1,3,6-7H,2,5H2,(H,15,18). The van der Waals surface area contributed by atoms with Crippen LogP contribution in [0.15, 0.2) is 32.5 Å². The lowest BCUT2D eigenvalue weighted by atomic mass is 10.2. The van der Waals surface area contributed by atoms with Crippen molar-refractivity contribution in [2.45, 2.75) is 13.0 Å². The molecule has 0 aliphatic carbocycles. The number of rotatable bonds is 3. The quantitative estimate of drug-likeness (QED) is 0.807. The first-order valence-electron chi connectivity index (χ1n) is 5.87. The van der Waals surface area contributed by atoms with Gasteiger partial charge in [-0.05, 0) is 11.4 Å². The van der Waals surface area contributed by atoms with Crippen LogP contribution in [0.3, 0.4) is 0 Å². The van der Waals surface area contributed by atoms with Crippen LogP contribution in [-0.2, 0) is 6.54 Å². The second-order valence-electron chi connectivity index (χ2n) is 4.13. The average Bonchev–Trinajstić information content (AvgIpc) is 3.06. The Morgan fingerprint density at radius 3 is 2.90 bits per heavy atom. The molecule has 0 saturated carbocycles. The van der Waals surface area contributed by atoms with Crippen LogP contribution in [0.25, 0.3) is 20.7 Å². The van der Waals surface area contributed by atoms with Crippen LogP contribution >= 0.6 is 22.7 Å². The number of aromatic nitrogens is 2. The van der Waals surface area contributed by atoms with Gasteiger partial charge in [0.25, 0.3) is 5.56 Å². The van der Waals surface area contributed by atoms with Gasteiger partial charge in [0, 0.05) is 22.4 Å². The fourth-order valence-corrected chi connectivity index (χ4v) is 3.80. The van der Waals surface area contributed by atoms with Crippen LogP contribution < -0.4 is 11.2 Å². The summed E-state index contributed by atoms with van der Waals surface area (Å²) in [4.78, 5) is 28.6. The van der Waals surface area contributed by atoms with Crippen molar-refractivity contribution in [1.82, 2.24) is 9.55 Å². The predicted octanol–water partition coefficient (Wildman–Crippen LogP) is 2.39. The Labute approximate surface area is 121 Å². The minimum Gasteiger partial charge on any atom is -0.298 e. The smallest absolute Gasteiger partial charge is 0.298 e. The van der Waals surface area contributed by atoms with Gasteiger partial charge in [-0.1, -0.05) is 6.07 Å². The molecule has 0 saturated heterocycles. The Balaban J connectivity index is 2.30. The number of aromatic amines is 1. The van der Waals surface area contributed by atoms with Gasteiger partial charge in [0.15, 0.2) is 0 Å². The molecule has 3 rings (SSSR count). The molecule has 0 unspecified atom stereocenters. The Morgan fingerprint density at radius 1 is 1.35 bits per heavy atom. The van der Waals surface area contributed by atoms with Crippen LogP contribution in [0.4, 0.5) is 0 Å². The van der Waals surface area contributed by atoms with Gasteiger partial charge >= 0.3 is 5.69 Å². The van der Waals surface area contributed by atoms with E-state index in [-0.39, 0.29) is 18.5 Å². The van der Waals surface area contributed by atoms with Crippen LogP contribution in [0.1, 0.15) is 6.42 Å². The van der Waals surface area contributed by atoms with E-state index in [0.29, 0.717) is 10.2 Å². The zero-order chi connectivity index (χ0) is 14.1. The zero-order valence-electron chi connectivity index (χ0n) is 10.3. The fraction of sp³-hybridized carbons (Fsp3) is 0.154. The number of fused-ring (bicyclic) bond motifs is 1. The molecular formula is C13H9N3O2S2. The van der Waals surface area contributed by atoms with Crippen LogP contribution in [0.2, 0.25) is 0 Å². The largest absolute Gasteiger partial charge is 0.329 e. The van der Waals surface area contributed by atoms with E-state index in [1.165, 1.54) is 11.3 Å². The minimum absolute atomic E-state index is 0.111. The average molecular weight is 303 g/mol. The third kappa shape index (κ3) is 1.99. The summed E-state index contributed by atoms with van der Waals surface area (Å²) in [6, 6.07) is 5.81. The van der Waals surface area contributed by atoms with Gasteiger partial charge in [-0.25, -0.2) is 4.79 Å². The van der Waals surface area contributed by atoms with Crippen molar-refractivity contribution in [3.8, 4) is 16.5 Å². The van der Waals surface area contributed by atoms with Crippen molar-refractivity contribution >= 4 is 32.9 Å². The molecule has 3 aromatic heterocycles. The lowest BCUT2D eigenvalue weighted by Crippen LogP contribution is -2.34. The van der Waals surface area contributed by atoms with Gasteiger partial charge in [0.05, 0.1) is 17.9 Å². The molecule has 0 aromatic carbocycles. The highest BCUT2D eigenvalue weighted by atomic mass is 32.1. The van der Waals surface area contributed by atoms with E-state index in [1.54, 1.807) is 11.3 Å². The van der Waals surface area contributed by atoms with Gasteiger partial charge in [-0.15, -0.1) is 22.7 Å². The summed E-state index contributed by atoms with van der Waals surface area (Å²) in [7, 11) is 0. The molecule has 5 nitrogen and oxygen atoms in total. The molecule has 0 aliphatic heterocycles. The Kier molecular flexibility index (Phi) is 3.26. The maximum absolute atomic E-state index is 12.5. The normalized spacial score (nSPS) is 10.8. The molecule has 3 heterocycles. The van der Waals surface area contributed by atoms with Crippen molar-refractivity contribution in [2.24, 2.45) is 0 Å². The highest BCUT2D eigenvalue weighted by Crippen LogP contribution is 2.32. The molecule has 20 heavy (non-hydrogen) atoms. The fourth-order valence-electron chi connectivity index (χ4n) is 2.03. The van der Waals surface area contributed by atoms with Crippen molar-refractivity contribution in [1.29, 1.82) is 5.26 Å². The van der Waals surface area contributed by atoms with E-state index in [0.717, 1.165) is 15.0 Å². The van der Waals surface area contributed by atoms with Gasteiger partial charge in [-0.3, -0.25) is 14.3 Å². The minimum atomic E-state index is -0.461. The second-order valence-corrected chi connectivity index (χ2v) is 5.95. The molecule has 0 fully saturated rings. The number of hydrogen-bond acceptors (Lipinski definition) is 5. The van der Waals surface area contributed by atoms with Gasteiger partial charge in [0.2, 0.25) is 0 Å². The number of nitrogens with one attached hydrogen (secondary N) is 1. The van der Waals surface area contributed by atoms with Crippen LogP contribution in [0.5, 0.6) is 0 Å². The molecule has 7 heteroatoms. The van der Waals surface area contributed by atoms with Gasteiger partial charge in [-0.2, -0.15) is 5.26 Å². The first-order chi connectivity index (χ1) is 9.72. The lowest BCUT2D eigenvalue weighted by molar-refractivity contribution is 0.651. The summed E-state index contributed by atoms with van der Waals surface area (Å²) in [5.74, 6) is 0. The summed E-state index contributed by atoms with van der Waals surface area (Å²) in [6.45, 7) is 0.111. The summed E-state index contributed by atoms with van der Waals surface area (Å²) in [5.41, 5.74) is 0.0490. The van der Waals surface area contributed by atoms with Crippen molar-refractivity contribution in [3.05, 3.63) is 43.7 Å². The number of hydrogen-bond donors (Lipinski definition) is 1. The third-order valence-electron chi connectivity index (χ3n) is 2.95. The zero-order valence-corrected chi connectivity index (χ0v) is 11.9. The molecule has 0 radical (unpaired) electrons. The Bertz CT molecular complexity index is 910. The topological polar surface area (TPSA) is 78.7 Å².